The van der Waals surface area contributed by atoms with Crippen LogP contribution in [0.4, 0.5) is 11.4 Å². The lowest BCUT2D eigenvalue weighted by Gasteiger charge is -2.08. The number of halogens is 2. The average Bonchev–Trinajstić information content (AvgIpc) is 2.69. The van der Waals surface area contributed by atoms with Crippen LogP contribution in [0, 0.1) is 0 Å². The minimum absolute atomic E-state index is 0.436. The van der Waals surface area contributed by atoms with Crippen molar-refractivity contribution in [3.63, 3.8) is 0 Å². The van der Waals surface area contributed by atoms with Crippen LogP contribution in [-0.4, -0.2) is 45.8 Å². The molecule has 0 saturated heterocycles. The highest BCUT2D eigenvalue weighted by Crippen LogP contribution is 2.33. The van der Waals surface area contributed by atoms with E-state index in [1.165, 1.54) is 0 Å². The van der Waals surface area contributed by atoms with Crippen molar-refractivity contribution in [2.45, 2.75) is 0 Å². The number of isothiocyanates is 1. The molecule has 0 amide bonds. The predicted molar refractivity (Wildman–Crippen MR) is 117 cm³/mol. The Morgan fingerprint density at radius 2 is 1.43 bits per heavy atom. The van der Waals surface area contributed by atoms with Gasteiger partial charge in [-0.2, -0.15) is 4.99 Å². The number of anilines is 1. The van der Waals surface area contributed by atoms with Gasteiger partial charge in [-0.3, -0.25) is 0 Å². The van der Waals surface area contributed by atoms with Gasteiger partial charge in [0.25, 0.3) is 0 Å². The molecule has 2 aromatic carbocycles. The lowest BCUT2D eigenvalue weighted by Crippen LogP contribution is -2.04. The second-order valence-corrected chi connectivity index (χ2v) is 6.07. The Labute approximate surface area is 180 Å². The zero-order valence-electron chi connectivity index (χ0n) is 15.6. The van der Waals surface area contributed by atoms with Gasteiger partial charge in [0.05, 0.1) is 29.7 Å². The van der Waals surface area contributed by atoms with E-state index in [1.54, 1.807) is 50.6 Å². The van der Waals surface area contributed by atoms with Crippen LogP contribution in [0.1, 0.15) is 0 Å². The molecule has 0 saturated carbocycles. The van der Waals surface area contributed by atoms with Crippen molar-refractivity contribution < 1.29 is 18.9 Å². The van der Waals surface area contributed by atoms with Gasteiger partial charge in [0.1, 0.15) is 34.8 Å². The Hall–Kier alpha value is -1.86. The molecule has 0 aliphatic carbocycles. The Morgan fingerprint density at radius 3 is 1.96 bits per heavy atom. The van der Waals surface area contributed by atoms with Crippen LogP contribution in [0.2, 0.25) is 10.0 Å². The quantitative estimate of drug-likeness (QED) is 0.252. The van der Waals surface area contributed by atoms with Gasteiger partial charge in [-0.15, -0.1) is 0 Å². The fraction of sp³-hybridized carbons (Fsp3) is 0.316. The summed E-state index contributed by atoms with van der Waals surface area (Å²) in [5.74, 6) is 1.17. The van der Waals surface area contributed by atoms with Crippen molar-refractivity contribution in [3.05, 3.63) is 46.4 Å². The Kier molecular flexibility index (Phi) is 12.2. The summed E-state index contributed by atoms with van der Waals surface area (Å²) < 4.78 is 20.4. The van der Waals surface area contributed by atoms with Gasteiger partial charge in [-0.1, -0.05) is 35.3 Å². The Morgan fingerprint density at radius 1 is 0.893 bits per heavy atom. The number of benzene rings is 2. The van der Waals surface area contributed by atoms with E-state index in [-0.39, 0.29) is 0 Å². The third kappa shape index (κ3) is 8.44. The molecular weight excluding hydrogens is 423 g/mol. The van der Waals surface area contributed by atoms with Gasteiger partial charge in [-0.05, 0) is 36.5 Å². The number of hydrogen-bond acceptors (Lipinski definition) is 7. The molecule has 2 N–H and O–H groups in total. The highest BCUT2D eigenvalue weighted by Gasteiger charge is 2.06. The van der Waals surface area contributed by atoms with Gasteiger partial charge in [0.15, 0.2) is 0 Å². The number of thiocarbonyl (C=S) groups is 1. The van der Waals surface area contributed by atoms with Crippen molar-refractivity contribution in [1.29, 1.82) is 0 Å². The minimum atomic E-state index is 0.436. The molecule has 9 heteroatoms. The maximum Gasteiger partial charge on any atom is 0.140 e. The van der Waals surface area contributed by atoms with E-state index in [0.29, 0.717) is 59.3 Å². The molecule has 0 spiro atoms. The highest BCUT2D eigenvalue weighted by atomic mass is 35.5. The van der Waals surface area contributed by atoms with Gasteiger partial charge in [0.2, 0.25) is 0 Å². The van der Waals surface area contributed by atoms with Crippen LogP contribution >= 0.6 is 35.4 Å². The number of nitrogen functional groups attached to an aromatic ring is 1. The molecule has 0 fully saturated rings. The van der Waals surface area contributed by atoms with Crippen molar-refractivity contribution >= 4 is 52.0 Å². The zero-order valence-corrected chi connectivity index (χ0v) is 17.9. The van der Waals surface area contributed by atoms with Gasteiger partial charge in [-0.25, -0.2) is 0 Å². The third-order valence-corrected chi connectivity index (χ3v) is 4.07. The van der Waals surface area contributed by atoms with Gasteiger partial charge in [0, 0.05) is 14.2 Å². The molecule has 6 nitrogen and oxygen atoms in total. The van der Waals surface area contributed by atoms with Crippen molar-refractivity contribution in [3.8, 4) is 11.5 Å². The van der Waals surface area contributed by atoms with Crippen molar-refractivity contribution in [2.75, 3.05) is 46.4 Å². The fourth-order valence-corrected chi connectivity index (χ4v) is 2.36. The van der Waals surface area contributed by atoms with Gasteiger partial charge >= 0.3 is 0 Å². The summed E-state index contributed by atoms with van der Waals surface area (Å²) in [7, 11) is 3.22. The maximum atomic E-state index is 6.02. The van der Waals surface area contributed by atoms with Crippen molar-refractivity contribution in [1.82, 2.24) is 0 Å². The maximum absolute atomic E-state index is 6.02. The number of aliphatic imine (C=N–C) groups is 1. The minimum Gasteiger partial charge on any atom is -0.490 e. The molecule has 28 heavy (non-hydrogen) atoms. The summed E-state index contributed by atoms with van der Waals surface area (Å²) in [5.41, 5.74) is 6.66. The van der Waals surface area contributed by atoms with E-state index in [0.717, 1.165) is 0 Å². The first kappa shape index (κ1) is 24.2. The first-order chi connectivity index (χ1) is 13.5. The molecule has 2 aromatic rings. The Balaban J connectivity index is 0.000000283. The number of ether oxygens (including phenoxy) is 4. The number of hydrogen-bond donors (Lipinski definition) is 1. The predicted octanol–water partition coefficient (Wildman–Crippen LogP) is 5.05. The SMILES string of the molecule is COCCOc1cccc(N)c1Cl.COCCOc1cccc(N=C=S)c1Cl. The first-order valence-corrected chi connectivity index (χ1v) is 9.35. The normalized spacial score (nSPS) is 9.71. The second kappa shape index (κ2) is 14.2. The highest BCUT2D eigenvalue weighted by molar-refractivity contribution is 7.78. The summed E-state index contributed by atoms with van der Waals surface area (Å²) >= 11 is 16.4. The van der Waals surface area contributed by atoms with Crippen LogP contribution in [0.5, 0.6) is 11.5 Å². The largest absolute Gasteiger partial charge is 0.490 e. The molecule has 0 radical (unpaired) electrons. The average molecular weight is 445 g/mol. The summed E-state index contributed by atoms with van der Waals surface area (Å²) in [6.07, 6.45) is 0. The van der Waals surface area contributed by atoms with Crippen LogP contribution < -0.4 is 15.2 Å². The van der Waals surface area contributed by atoms with E-state index in [9.17, 15) is 0 Å². The number of nitrogens with two attached hydrogens (primary N) is 1. The number of rotatable bonds is 9. The summed E-state index contributed by atoms with van der Waals surface area (Å²) in [6.45, 7) is 1.96. The molecule has 0 aliphatic heterocycles. The molecule has 152 valence electrons. The second-order valence-electron chi connectivity index (χ2n) is 5.13. The van der Waals surface area contributed by atoms with E-state index >= 15 is 0 Å². The van der Waals surface area contributed by atoms with E-state index in [2.05, 4.69) is 22.4 Å². The van der Waals surface area contributed by atoms with Crippen LogP contribution in [0.25, 0.3) is 0 Å². The molecule has 2 rings (SSSR count). The molecule has 0 bridgehead atoms. The van der Waals surface area contributed by atoms with Crippen molar-refractivity contribution in [2.24, 2.45) is 4.99 Å². The molecular formula is C19H22Cl2N2O4S. The monoisotopic (exact) mass is 444 g/mol. The fourth-order valence-electron chi connectivity index (χ4n) is 1.86. The van der Waals surface area contributed by atoms with Crippen LogP contribution in [0.15, 0.2) is 41.4 Å². The van der Waals surface area contributed by atoms with Gasteiger partial charge < -0.3 is 24.7 Å². The van der Waals surface area contributed by atoms with E-state index in [1.807, 2.05) is 0 Å². The lowest BCUT2D eigenvalue weighted by molar-refractivity contribution is 0.146. The zero-order chi connectivity index (χ0) is 20.8. The smallest absolute Gasteiger partial charge is 0.140 e. The molecule has 0 heterocycles. The third-order valence-electron chi connectivity index (χ3n) is 3.19. The summed E-state index contributed by atoms with van der Waals surface area (Å²) in [5, 5.41) is 3.16. The van der Waals surface area contributed by atoms with E-state index < -0.39 is 0 Å². The van der Waals surface area contributed by atoms with Crippen LogP contribution in [-0.2, 0) is 9.47 Å². The number of methoxy groups -OCH3 is 2. The molecule has 0 unspecified atom stereocenters. The number of nitrogens with zero attached hydrogens (tertiary/aromatic N) is 1. The lowest BCUT2D eigenvalue weighted by atomic mass is 10.3. The standard InChI is InChI=1S/C10H10ClNO2S.C9H12ClNO2/c1-13-5-6-14-9-4-2-3-8(10(9)11)12-7-15;1-12-5-6-13-8-4-2-3-7(11)9(8)10/h2-4H,5-6H2,1H3;2-4H,5-6,11H2,1H3. The molecule has 0 aromatic heterocycles. The molecule has 0 aliphatic rings. The van der Waals surface area contributed by atoms with Crippen LogP contribution in [0.3, 0.4) is 0 Å². The Bertz CT molecular complexity index is 787. The summed E-state index contributed by atoms with van der Waals surface area (Å²) in [4.78, 5) is 3.82. The topological polar surface area (TPSA) is 75.3 Å². The van der Waals surface area contributed by atoms with E-state index in [4.69, 9.17) is 47.9 Å². The summed E-state index contributed by atoms with van der Waals surface area (Å²) in [6, 6.07) is 10.6. The molecule has 0 atom stereocenters. The first-order valence-electron chi connectivity index (χ1n) is 8.19.